The lowest BCUT2D eigenvalue weighted by molar-refractivity contribution is -0.144. The van der Waals surface area contributed by atoms with Crippen molar-refractivity contribution in [2.45, 2.75) is 44.9 Å². The molecule has 4 heteroatoms. The van der Waals surface area contributed by atoms with Crippen molar-refractivity contribution < 1.29 is 9.90 Å². The Morgan fingerprint density at radius 2 is 1.90 bits per heavy atom. The zero-order chi connectivity index (χ0) is 15.9. The van der Waals surface area contributed by atoms with Crippen molar-refractivity contribution in [2.75, 3.05) is 12.3 Å². The molecule has 21 heavy (non-hydrogen) atoms. The minimum atomic E-state index is -1.01. The van der Waals surface area contributed by atoms with Crippen LogP contribution in [0.25, 0.3) is 0 Å². The molecule has 0 aliphatic rings. The fourth-order valence-electron chi connectivity index (χ4n) is 2.01. The van der Waals surface area contributed by atoms with Gasteiger partial charge in [0.15, 0.2) is 5.54 Å². The Labute approximate surface area is 132 Å². The molecule has 1 aromatic carbocycles. The number of hydrogen-bond donors (Lipinski definition) is 2. The number of carboxylic acids is 1. The number of benzene rings is 1. The molecular formula is C17H27NO2S. The fourth-order valence-corrected chi connectivity index (χ4v) is 3.30. The van der Waals surface area contributed by atoms with Crippen molar-refractivity contribution in [1.82, 2.24) is 5.32 Å². The predicted molar refractivity (Wildman–Crippen MR) is 90.8 cm³/mol. The lowest BCUT2D eigenvalue weighted by atomic mass is 9.91. The summed E-state index contributed by atoms with van der Waals surface area (Å²) >= 11 is 1.72. The maximum Gasteiger partial charge on any atom is 0.329 e. The van der Waals surface area contributed by atoms with E-state index in [-0.39, 0.29) is 0 Å². The molecule has 3 nitrogen and oxygen atoms in total. The van der Waals surface area contributed by atoms with E-state index in [1.807, 2.05) is 30.3 Å². The van der Waals surface area contributed by atoms with E-state index in [1.54, 1.807) is 11.8 Å². The van der Waals surface area contributed by atoms with Crippen molar-refractivity contribution in [2.24, 2.45) is 5.92 Å². The lowest BCUT2D eigenvalue weighted by Crippen LogP contribution is -2.52. The Morgan fingerprint density at radius 3 is 2.38 bits per heavy atom. The van der Waals surface area contributed by atoms with E-state index in [2.05, 4.69) is 33.0 Å². The smallest absolute Gasteiger partial charge is 0.329 e. The second kappa shape index (κ2) is 8.44. The fraction of sp³-hybridized carbons (Fsp3) is 0.588. The van der Waals surface area contributed by atoms with Crippen LogP contribution in [0.2, 0.25) is 0 Å². The van der Waals surface area contributed by atoms with Gasteiger partial charge >= 0.3 is 5.97 Å². The number of carboxylic acid groups (broad SMARTS) is 1. The quantitative estimate of drug-likeness (QED) is 0.729. The van der Waals surface area contributed by atoms with Gasteiger partial charge in [-0.05, 0) is 24.4 Å². The summed E-state index contributed by atoms with van der Waals surface area (Å²) in [6.45, 7) is 9.24. The molecule has 118 valence electrons. The SMILES string of the molecule is CCCNC(CSC(C)C(C)C)(C(=O)O)c1ccccc1. The summed E-state index contributed by atoms with van der Waals surface area (Å²) in [6.07, 6.45) is 0.909. The molecule has 1 aromatic rings. The van der Waals surface area contributed by atoms with E-state index >= 15 is 0 Å². The Kier molecular flexibility index (Phi) is 7.26. The van der Waals surface area contributed by atoms with Gasteiger partial charge in [0.2, 0.25) is 0 Å². The van der Waals surface area contributed by atoms with Crippen LogP contribution >= 0.6 is 11.8 Å². The van der Waals surface area contributed by atoms with E-state index < -0.39 is 11.5 Å². The molecule has 0 fully saturated rings. The van der Waals surface area contributed by atoms with Gasteiger partial charge in [0, 0.05) is 11.0 Å². The molecule has 1 rings (SSSR count). The first-order chi connectivity index (χ1) is 9.94. The molecule has 2 N–H and O–H groups in total. The van der Waals surface area contributed by atoms with E-state index in [0.29, 0.717) is 23.5 Å². The van der Waals surface area contributed by atoms with Crippen LogP contribution in [0.3, 0.4) is 0 Å². The van der Waals surface area contributed by atoms with Gasteiger partial charge in [-0.1, -0.05) is 58.0 Å². The van der Waals surface area contributed by atoms with Gasteiger partial charge in [-0.15, -0.1) is 0 Å². The highest BCUT2D eigenvalue weighted by molar-refractivity contribution is 8.00. The Balaban J connectivity index is 3.04. The summed E-state index contributed by atoms with van der Waals surface area (Å²) < 4.78 is 0. The number of rotatable bonds is 9. The molecule has 0 bridgehead atoms. The molecule has 0 spiro atoms. The Hall–Kier alpha value is -1.00. The van der Waals surface area contributed by atoms with E-state index in [4.69, 9.17) is 0 Å². The largest absolute Gasteiger partial charge is 0.480 e. The molecule has 0 saturated heterocycles. The van der Waals surface area contributed by atoms with Crippen LogP contribution in [0, 0.1) is 5.92 Å². The predicted octanol–water partition coefficient (Wildman–Crippen LogP) is 3.74. The maximum atomic E-state index is 12.0. The monoisotopic (exact) mass is 309 g/mol. The summed E-state index contributed by atoms with van der Waals surface area (Å²) in [5, 5.41) is 13.6. The van der Waals surface area contributed by atoms with Gasteiger partial charge in [0.25, 0.3) is 0 Å². The molecule has 2 unspecified atom stereocenters. The molecule has 0 aromatic heterocycles. The van der Waals surface area contributed by atoms with Crippen LogP contribution < -0.4 is 5.32 Å². The van der Waals surface area contributed by atoms with E-state index in [1.165, 1.54) is 0 Å². The zero-order valence-corrected chi connectivity index (χ0v) is 14.2. The molecule has 0 aliphatic heterocycles. The third kappa shape index (κ3) is 4.75. The second-order valence-electron chi connectivity index (χ2n) is 5.76. The maximum absolute atomic E-state index is 12.0. The van der Waals surface area contributed by atoms with Gasteiger partial charge in [0.05, 0.1) is 0 Å². The van der Waals surface area contributed by atoms with Gasteiger partial charge < -0.3 is 5.11 Å². The number of nitrogens with one attached hydrogen (secondary N) is 1. The van der Waals surface area contributed by atoms with Crippen LogP contribution in [0.1, 0.15) is 39.7 Å². The molecule has 0 heterocycles. The van der Waals surface area contributed by atoms with Crippen LogP contribution in [-0.4, -0.2) is 28.6 Å². The highest BCUT2D eigenvalue weighted by Gasteiger charge is 2.40. The molecule has 0 amide bonds. The third-order valence-corrected chi connectivity index (χ3v) is 5.48. The minimum Gasteiger partial charge on any atom is -0.480 e. The molecule has 0 aliphatic carbocycles. The number of hydrogen-bond acceptors (Lipinski definition) is 3. The molecule has 0 radical (unpaired) electrons. The normalized spacial score (nSPS) is 15.7. The van der Waals surface area contributed by atoms with Crippen molar-refractivity contribution >= 4 is 17.7 Å². The first-order valence-corrected chi connectivity index (χ1v) is 8.64. The van der Waals surface area contributed by atoms with Crippen LogP contribution in [-0.2, 0) is 10.3 Å². The number of aliphatic carboxylic acids is 1. The first kappa shape index (κ1) is 18.1. The first-order valence-electron chi connectivity index (χ1n) is 7.59. The second-order valence-corrected chi connectivity index (χ2v) is 7.13. The topological polar surface area (TPSA) is 49.3 Å². The Morgan fingerprint density at radius 1 is 1.29 bits per heavy atom. The zero-order valence-electron chi connectivity index (χ0n) is 13.4. The van der Waals surface area contributed by atoms with Crippen molar-refractivity contribution in [3.05, 3.63) is 35.9 Å². The molecular weight excluding hydrogens is 282 g/mol. The standard InChI is InChI=1S/C17H27NO2S/c1-5-11-18-17(16(19)20,12-21-14(4)13(2)3)15-9-7-6-8-10-15/h6-10,13-14,18H,5,11-12H2,1-4H3,(H,19,20). The average molecular weight is 309 g/mol. The lowest BCUT2D eigenvalue weighted by Gasteiger charge is -2.32. The summed E-state index contributed by atoms with van der Waals surface area (Å²) in [5.41, 5.74) is -0.181. The van der Waals surface area contributed by atoms with Gasteiger partial charge in [-0.3, -0.25) is 5.32 Å². The van der Waals surface area contributed by atoms with Crippen molar-refractivity contribution in [3.8, 4) is 0 Å². The highest BCUT2D eigenvalue weighted by Crippen LogP contribution is 2.30. The van der Waals surface area contributed by atoms with Gasteiger partial charge in [-0.25, -0.2) is 4.79 Å². The van der Waals surface area contributed by atoms with Crippen LogP contribution in [0.15, 0.2) is 30.3 Å². The van der Waals surface area contributed by atoms with Crippen LogP contribution in [0.4, 0.5) is 0 Å². The average Bonchev–Trinajstić information content (AvgIpc) is 2.48. The van der Waals surface area contributed by atoms with Gasteiger partial charge in [-0.2, -0.15) is 11.8 Å². The van der Waals surface area contributed by atoms with Crippen molar-refractivity contribution in [3.63, 3.8) is 0 Å². The van der Waals surface area contributed by atoms with Gasteiger partial charge in [0.1, 0.15) is 0 Å². The number of thioether (sulfide) groups is 1. The Bertz CT molecular complexity index is 436. The molecule has 0 saturated carbocycles. The number of carbonyl (C=O) groups is 1. The van der Waals surface area contributed by atoms with Crippen molar-refractivity contribution in [1.29, 1.82) is 0 Å². The summed E-state index contributed by atoms with van der Waals surface area (Å²) in [4.78, 5) is 12.0. The third-order valence-electron chi connectivity index (χ3n) is 3.81. The summed E-state index contributed by atoms with van der Waals surface area (Å²) in [7, 11) is 0. The minimum absolute atomic E-state index is 0.427. The highest BCUT2D eigenvalue weighted by atomic mass is 32.2. The summed E-state index contributed by atoms with van der Waals surface area (Å²) in [6, 6.07) is 9.52. The molecule has 2 atom stereocenters. The van der Waals surface area contributed by atoms with E-state index in [9.17, 15) is 9.90 Å². The van der Waals surface area contributed by atoms with Crippen LogP contribution in [0.5, 0.6) is 0 Å². The summed E-state index contributed by atoms with van der Waals surface area (Å²) in [5.74, 6) is 0.264. The van der Waals surface area contributed by atoms with E-state index in [0.717, 1.165) is 12.0 Å².